The van der Waals surface area contributed by atoms with Gasteiger partial charge in [-0.3, -0.25) is 0 Å². The van der Waals surface area contributed by atoms with E-state index < -0.39 is 0 Å². The zero-order valence-corrected chi connectivity index (χ0v) is 16.8. The Morgan fingerprint density at radius 2 is 1.92 bits per heavy atom. The quantitative estimate of drug-likeness (QED) is 0.685. The van der Waals surface area contributed by atoms with Crippen molar-refractivity contribution in [2.45, 2.75) is 79.8 Å². The fraction of sp³-hybridized carbons (Fsp3) is 0.700. The molecule has 0 aliphatic heterocycles. The Morgan fingerprint density at radius 3 is 2.52 bits per heavy atom. The third-order valence-corrected chi connectivity index (χ3v) is 4.01. The molecule has 0 amide bonds. The second-order valence-electron chi connectivity index (χ2n) is 6.71. The predicted molar refractivity (Wildman–Crippen MR) is 107 cm³/mol. The van der Waals surface area contributed by atoms with Gasteiger partial charge in [-0.1, -0.05) is 47.5 Å². The molecule has 1 atom stereocenters. The highest BCUT2D eigenvalue weighted by Crippen LogP contribution is 2.24. The van der Waals surface area contributed by atoms with Crippen molar-refractivity contribution in [3.05, 3.63) is 18.1 Å². The van der Waals surface area contributed by atoms with Crippen molar-refractivity contribution < 1.29 is 5.11 Å². The minimum atomic E-state index is 0.196. The van der Waals surface area contributed by atoms with Crippen LogP contribution in [0.25, 0.3) is 11.0 Å². The van der Waals surface area contributed by atoms with Crippen LogP contribution in [0.1, 0.15) is 66.1 Å². The van der Waals surface area contributed by atoms with Crippen LogP contribution in [0.15, 0.2) is 12.3 Å². The molecule has 0 spiro atoms. The SMILES string of the molecule is CC.CCCC[C@@H](CCO)Nc1nc(C)nc2ccn(CC(C)C)c12. The summed E-state index contributed by atoms with van der Waals surface area (Å²) in [6.07, 6.45) is 6.20. The first-order valence-electron chi connectivity index (χ1n) is 9.76. The van der Waals surface area contributed by atoms with E-state index in [1.165, 1.54) is 0 Å². The summed E-state index contributed by atoms with van der Waals surface area (Å²) in [6, 6.07) is 2.31. The van der Waals surface area contributed by atoms with Crippen LogP contribution in [0.5, 0.6) is 0 Å². The Morgan fingerprint density at radius 1 is 1.20 bits per heavy atom. The monoisotopic (exact) mass is 348 g/mol. The van der Waals surface area contributed by atoms with Crippen LogP contribution in [0.4, 0.5) is 5.82 Å². The van der Waals surface area contributed by atoms with Crippen LogP contribution in [0.2, 0.25) is 0 Å². The van der Waals surface area contributed by atoms with Gasteiger partial charge in [0.2, 0.25) is 0 Å². The van der Waals surface area contributed by atoms with E-state index in [-0.39, 0.29) is 12.6 Å². The average Bonchev–Trinajstić information content (AvgIpc) is 2.96. The van der Waals surface area contributed by atoms with E-state index in [0.717, 1.165) is 54.9 Å². The maximum Gasteiger partial charge on any atom is 0.154 e. The van der Waals surface area contributed by atoms with Crippen molar-refractivity contribution in [2.24, 2.45) is 5.92 Å². The number of hydrogen-bond acceptors (Lipinski definition) is 4. The average molecular weight is 349 g/mol. The topological polar surface area (TPSA) is 63.0 Å². The van der Waals surface area contributed by atoms with Crippen LogP contribution in [-0.2, 0) is 6.54 Å². The fourth-order valence-electron chi connectivity index (χ4n) is 2.96. The van der Waals surface area contributed by atoms with E-state index in [0.29, 0.717) is 5.92 Å². The molecule has 0 bridgehead atoms. The second kappa shape index (κ2) is 11.1. The summed E-state index contributed by atoms with van der Waals surface area (Å²) >= 11 is 0. The van der Waals surface area contributed by atoms with Crippen LogP contribution < -0.4 is 5.32 Å². The summed E-state index contributed by atoms with van der Waals surface area (Å²) in [5, 5.41) is 12.9. The molecule has 0 saturated carbocycles. The number of aromatic nitrogens is 3. The summed E-state index contributed by atoms with van der Waals surface area (Å²) in [6.45, 7) is 13.7. The number of nitrogens with zero attached hydrogens (tertiary/aromatic N) is 3. The van der Waals surface area contributed by atoms with Crippen LogP contribution in [-0.4, -0.2) is 32.3 Å². The van der Waals surface area contributed by atoms with E-state index in [4.69, 9.17) is 0 Å². The Labute approximate surface area is 152 Å². The van der Waals surface area contributed by atoms with Gasteiger partial charge in [-0.25, -0.2) is 9.97 Å². The van der Waals surface area contributed by atoms with Crippen molar-refractivity contribution in [1.82, 2.24) is 14.5 Å². The molecule has 2 heterocycles. The van der Waals surface area contributed by atoms with Gasteiger partial charge in [0, 0.05) is 25.4 Å². The zero-order valence-electron chi connectivity index (χ0n) is 16.8. The first-order valence-corrected chi connectivity index (χ1v) is 9.76. The van der Waals surface area contributed by atoms with E-state index in [1.54, 1.807) is 0 Å². The van der Waals surface area contributed by atoms with E-state index in [1.807, 2.05) is 20.8 Å². The number of unbranched alkanes of at least 4 members (excludes halogenated alkanes) is 1. The molecular formula is C20H36N4O. The maximum atomic E-state index is 9.34. The minimum Gasteiger partial charge on any atom is -0.396 e. The molecule has 0 radical (unpaired) electrons. The number of aliphatic hydroxyl groups excluding tert-OH is 1. The molecule has 0 aliphatic rings. The number of aliphatic hydroxyl groups is 1. The van der Waals surface area contributed by atoms with Gasteiger partial charge in [0.25, 0.3) is 0 Å². The van der Waals surface area contributed by atoms with Gasteiger partial charge >= 0.3 is 0 Å². The van der Waals surface area contributed by atoms with Crippen molar-refractivity contribution >= 4 is 16.9 Å². The van der Waals surface area contributed by atoms with Gasteiger partial charge in [-0.05, 0) is 31.7 Å². The van der Waals surface area contributed by atoms with Crippen molar-refractivity contribution in [2.75, 3.05) is 11.9 Å². The molecule has 0 unspecified atom stereocenters. The predicted octanol–water partition coefficient (Wildman–Crippen LogP) is 4.78. The van der Waals surface area contributed by atoms with E-state index >= 15 is 0 Å². The molecule has 2 rings (SSSR count). The normalized spacial score (nSPS) is 12.2. The number of nitrogens with one attached hydrogen (secondary N) is 1. The Kier molecular flexibility index (Phi) is 9.50. The smallest absolute Gasteiger partial charge is 0.154 e. The van der Waals surface area contributed by atoms with Gasteiger partial charge in [0.1, 0.15) is 11.3 Å². The molecule has 2 N–H and O–H groups in total. The number of hydrogen-bond donors (Lipinski definition) is 2. The Balaban J connectivity index is 0.00000151. The number of anilines is 1. The van der Waals surface area contributed by atoms with E-state index in [2.05, 4.69) is 52.9 Å². The lowest BCUT2D eigenvalue weighted by molar-refractivity contribution is 0.276. The van der Waals surface area contributed by atoms with Crippen LogP contribution in [0, 0.1) is 12.8 Å². The molecule has 0 aromatic carbocycles. The van der Waals surface area contributed by atoms with Gasteiger partial charge in [0.05, 0.1) is 5.52 Å². The molecule has 142 valence electrons. The summed E-state index contributed by atoms with van der Waals surface area (Å²) in [4.78, 5) is 9.21. The lowest BCUT2D eigenvalue weighted by atomic mass is 10.1. The molecule has 25 heavy (non-hydrogen) atoms. The number of aryl methyl sites for hydroxylation is 1. The van der Waals surface area contributed by atoms with E-state index in [9.17, 15) is 5.11 Å². The molecule has 5 nitrogen and oxygen atoms in total. The van der Waals surface area contributed by atoms with Gasteiger partial charge in [-0.15, -0.1) is 0 Å². The third kappa shape index (κ3) is 6.31. The maximum absolute atomic E-state index is 9.34. The highest BCUT2D eigenvalue weighted by molar-refractivity contribution is 5.86. The summed E-state index contributed by atoms with van der Waals surface area (Å²) in [5.74, 6) is 2.24. The standard InChI is InChI=1S/C18H30N4O.C2H6/c1-5-6-7-15(9-11-23)21-18-17-16(19-14(4)20-18)8-10-22(17)12-13(2)3;1-2/h8,10,13,15,23H,5-7,9,11-12H2,1-4H3,(H,19,20,21);1-2H3/t15-;/m0./s1. The molecule has 2 aromatic heterocycles. The highest BCUT2D eigenvalue weighted by Gasteiger charge is 2.15. The van der Waals surface area contributed by atoms with Crippen LogP contribution >= 0.6 is 0 Å². The molecule has 0 saturated heterocycles. The van der Waals surface area contributed by atoms with Gasteiger partial charge in [0.15, 0.2) is 5.82 Å². The first kappa shape index (κ1) is 21.4. The summed E-state index contributed by atoms with van der Waals surface area (Å²) < 4.78 is 2.23. The Hall–Kier alpha value is -1.62. The molecule has 5 heteroatoms. The first-order chi connectivity index (χ1) is 12.0. The fourth-order valence-corrected chi connectivity index (χ4v) is 2.96. The van der Waals surface area contributed by atoms with Gasteiger partial charge < -0.3 is 15.0 Å². The van der Waals surface area contributed by atoms with Crippen LogP contribution in [0.3, 0.4) is 0 Å². The number of rotatable bonds is 9. The van der Waals surface area contributed by atoms with Crippen molar-refractivity contribution in [3.8, 4) is 0 Å². The molecule has 0 fully saturated rings. The number of fused-ring (bicyclic) bond motifs is 1. The lowest BCUT2D eigenvalue weighted by Gasteiger charge is -2.20. The molecule has 2 aromatic rings. The third-order valence-electron chi connectivity index (χ3n) is 4.01. The Bertz CT molecular complexity index is 621. The minimum absolute atomic E-state index is 0.196. The van der Waals surface area contributed by atoms with Gasteiger partial charge in [-0.2, -0.15) is 0 Å². The zero-order chi connectivity index (χ0) is 18.8. The van der Waals surface area contributed by atoms with Crippen molar-refractivity contribution in [3.63, 3.8) is 0 Å². The summed E-state index contributed by atoms with van der Waals surface area (Å²) in [7, 11) is 0. The molecule has 0 aliphatic carbocycles. The largest absolute Gasteiger partial charge is 0.396 e. The highest BCUT2D eigenvalue weighted by atomic mass is 16.3. The lowest BCUT2D eigenvalue weighted by Crippen LogP contribution is -2.22. The molecular weight excluding hydrogens is 312 g/mol. The second-order valence-corrected chi connectivity index (χ2v) is 6.71. The summed E-state index contributed by atoms with van der Waals surface area (Å²) in [5.41, 5.74) is 2.06. The van der Waals surface area contributed by atoms with Crippen molar-refractivity contribution in [1.29, 1.82) is 0 Å².